The van der Waals surface area contributed by atoms with E-state index < -0.39 is 0 Å². The Morgan fingerprint density at radius 3 is 2.22 bits per heavy atom. The van der Waals surface area contributed by atoms with Crippen LogP contribution in [0.15, 0.2) is 55.6 Å². The van der Waals surface area contributed by atoms with Crippen molar-refractivity contribution in [3.05, 3.63) is 61.2 Å². The van der Waals surface area contributed by atoms with Crippen LogP contribution in [0, 0.1) is 0 Å². The zero-order valence-corrected chi connectivity index (χ0v) is 11.0. The summed E-state index contributed by atoms with van der Waals surface area (Å²) in [6, 6.07) is 9.91. The minimum Gasteiger partial charge on any atom is -0.335 e. The Morgan fingerprint density at radius 2 is 1.78 bits per heavy atom. The Kier molecular flexibility index (Phi) is 5.92. The minimum atomic E-state index is -0.0777. The number of amides is 1. The zero-order valence-electron chi connectivity index (χ0n) is 11.0. The molecule has 0 aromatic heterocycles. The molecule has 2 nitrogen and oxygen atoms in total. The van der Waals surface area contributed by atoms with Crippen molar-refractivity contribution in [2.45, 2.75) is 19.3 Å². The van der Waals surface area contributed by atoms with Crippen molar-refractivity contribution in [1.82, 2.24) is 4.90 Å². The highest BCUT2D eigenvalue weighted by atomic mass is 16.2. The van der Waals surface area contributed by atoms with Gasteiger partial charge in [-0.15, -0.1) is 13.2 Å². The Morgan fingerprint density at radius 1 is 1.22 bits per heavy atom. The maximum absolute atomic E-state index is 12.5. The van der Waals surface area contributed by atoms with Gasteiger partial charge >= 0.3 is 0 Å². The number of carbonyl (C=O) groups excluding carboxylic acids is 1. The maximum Gasteiger partial charge on any atom is 0.230 e. The third-order valence-electron chi connectivity index (χ3n) is 2.92. The highest BCUT2D eigenvalue weighted by Crippen LogP contribution is 2.21. The largest absolute Gasteiger partial charge is 0.335 e. The lowest BCUT2D eigenvalue weighted by molar-refractivity contribution is -0.131. The van der Waals surface area contributed by atoms with Crippen LogP contribution < -0.4 is 0 Å². The van der Waals surface area contributed by atoms with Gasteiger partial charge in [0.1, 0.15) is 0 Å². The summed E-state index contributed by atoms with van der Waals surface area (Å²) in [5.41, 5.74) is 1.07. The molecule has 0 N–H and O–H groups in total. The highest BCUT2D eigenvalue weighted by Gasteiger charge is 2.22. The van der Waals surface area contributed by atoms with Gasteiger partial charge in [0.2, 0.25) is 5.91 Å². The molecule has 1 amide bonds. The van der Waals surface area contributed by atoms with E-state index in [2.05, 4.69) is 13.2 Å². The molecular formula is C16H21NO. The average Bonchev–Trinajstić information content (AvgIpc) is 2.40. The van der Waals surface area contributed by atoms with E-state index in [1.54, 1.807) is 17.1 Å². The normalized spacial score (nSPS) is 11.6. The van der Waals surface area contributed by atoms with Crippen molar-refractivity contribution in [3.63, 3.8) is 0 Å². The zero-order chi connectivity index (χ0) is 13.4. The standard InChI is InChI=1S/C16H21NO/c1-4-12-17(13-5-2)16(18)15(6-3)14-10-8-7-9-11-14/h4-5,7-11,15H,1-2,6,12-13H2,3H3. The van der Waals surface area contributed by atoms with E-state index in [4.69, 9.17) is 0 Å². The van der Waals surface area contributed by atoms with Crippen molar-refractivity contribution < 1.29 is 4.79 Å². The second-order valence-electron chi connectivity index (χ2n) is 4.19. The van der Waals surface area contributed by atoms with Crippen LogP contribution in [0.25, 0.3) is 0 Å². The van der Waals surface area contributed by atoms with Crippen molar-refractivity contribution in [2.75, 3.05) is 13.1 Å². The molecule has 2 heteroatoms. The predicted molar refractivity (Wildman–Crippen MR) is 76.4 cm³/mol. The number of benzene rings is 1. The lowest BCUT2D eigenvalue weighted by Gasteiger charge is -2.25. The molecular weight excluding hydrogens is 222 g/mol. The minimum absolute atomic E-state index is 0.0777. The number of hydrogen-bond donors (Lipinski definition) is 0. The molecule has 1 rings (SSSR count). The molecule has 0 saturated carbocycles. The molecule has 1 aromatic rings. The first-order valence-corrected chi connectivity index (χ1v) is 6.30. The molecule has 0 aliphatic carbocycles. The fourth-order valence-electron chi connectivity index (χ4n) is 2.02. The molecule has 1 aromatic carbocycles. The first kappa shape index (κ1) is 14.2. The summed E-state index contributed by atoms with van der Waals surface area (Å²) in [6.07, 6.45) is 4.30. The van der Waals surface area contributed by atoms with E-state index in [1.165, 1.54) is 0 Å². The monoisotopic (exact) mass is 243 g/mol. The first-order chi connectivity index (χ1) is 8.74. The van der Waals surface area contributed by atoms with Crippen LogP contribution in [0.3, 0.4) is 0 Å². The van der Waals surface area contributed by atoms with Crippen molar-refractivity contribution in [3.8, 4) is 0 Å². The lowest BCUT2D eigenvalue weighted by atomic mass is 9.95. The lowest BCUT2D eigenvalue weighted by Crippen LogP contribution is -2.35. The molecule has 0 saturated heterocycles. The fourth-order valence-corrected chi connectivity index (χ4v) is 2.02. The van der Waals surface area contributed by atoms with E-state index >= 15 is 0 Å². The van der Waals surface area contributed by atoms with Gasteiger partial charge in [-0.3, -0.25) is 4.79 Å². The van der Waals surface area contributed by atoms with Crippen LogP contribution in [0.5, 0.6) is 0 Å². The summed E-state index contributed by atoms with van der Waals surface area (Å²) in [7, 11) is 0. The molecule has 1 atom stereocenters. The molecule has 0 radical (unpaired) electrons. The SMILES string of the molecule is C=CCN(CC=C)C(=O)C(CC)c1ccccc1. The Balaban J connectivity index is 2.89. The van der Waals surface area contributed by atoms with E-state index in [1.807, 2.05) is 37.3 Å². The van der Waals surface area contributed by atoms with Gasteiger partial charge in [0.15, 0.2) is 0 Å². The molecule has 0 bridgehead atoms. The third kappa shape index (κ3) is 3.59. The van der Waals surface area contributed by atoms with Crippen molar-refractivity contribution in [2.24, 2.45) is 0 Å². The molecule has 1 unspecified atom stereocenters. The van der Waals surface area contributed by atoms with E-state index in [-0.39, 0.29) is 11.8 Å². The van der Waals surface area contributed by atoms with Crippen molar-refractivity contribution >= 4 is 5.91 Å². The van der Waals surface area contributed by atoms with Crippen LogP contribution in [-0.2, 0) is 4.79 Å². The van der Waals surface area contributed by atoms with Crippen LogP contribution in [0.4, 0.5) is 0 Å². The van der Waals surface area contributed by atoms with Gasteiger partial charge in [-0.05, 0) is 12.0 Å². The van der Waals surface area contributed by atoms with Crippen LogP contribution in [0.1, 0.15) is 24.8 Å². The summed E-state index contributed by atoms with van der Waals surface area (Å²) in [4.78, 5) is 14.3. The molecule has 0 heterocycles. The smallest absolute Gasteiger partial charge is 0.230 e. The number of rotatable bonds is 7. The predicted octanol–water partition coefficient (Wildman–Crippen LogP) is 3.38. The number of carbonyl (C=O) groups is 1. The number of nitrogens with zero attached hydrogens (tertiary/aromatic N) is 1. The van der Waals surface area contributed by atoms with Gasteiger partial charge in [0.05, 0.1) is 5.92 Å². The van der Waals surface area contributed by atoms with Gasteiger partial charge in [0.25, 0.3) is 0 Å². The molecule has 0 aliphatic heterocycles. The van der Waals surface area contributed by atoms with E-state index in [0.29, 0.717) is 13.1 Å². The van der Waals surface area contributed by atoms with E-state index in [0.717, 1.165) is 12.0 Å². The third-order valence-corrected chi connectivity index (χ3v) is 2.92. The van der Waals surface area contributed by atoms with Gasteiger partial charge < -0.3 is 4.90 Å². The maximum atomic E-state index is 12.5. The molecule has 18 heavy (non-hydrogen) atoms. The fraction of sp³-hybridized carbons (Fsp3) is 0.312. The van der Waals surface area contributed by atoms with E-state index in [9.17, 15) is 4.79 Å². The van der Waals surface area contributed by atoms with Crippen LogP contribution in [0.2, 0.25) is 0 Å². The topological polar surface area (TPSA) is 20.3 Å². The Labute approximate surface area is 110 Å². The average molecular weight is 243 g/mol. The van der Waals surface area contributed by atoms with Crippen LogP contribution in [-0.4, -0.2) is 23.9 Å². The molecule has 0 fully saturated rings. The molecule has 0 spiro atoms. The first-order valence-electron chi connectivity index (χ1n) is 6.30. The van der Waals surface area contributed by atoms with Gasteiger partial charge in [0, 0.05) is 13.1 Å². The molecule has 96 valence electrons. The summed E-state index contributed by atoms with van der Waals surface area (Å²) in [6.45, 7) is 10.6. The van der Waals surface area contributed by atoms with Crippen LogP contribution >= 0.6 is 0 Å². The Bertz CT molecular complexity index is 387. The highest BCUT2D eigenvalue weighted by molar-refractivity contribution is 5.84. The second kappa shape index (κ2) is 7.49. The number of hydrogen-bond acceptors (Lipinski definition) is 1. The summed E-state index contributed by atoms with van der Waals surface area (Å²) in [5.74, 6) is 0.0644. The van der Waals surface area contributed by atoms with Crippen molar-refractivity contribution in [1.29, 1.82) is 0 Å². The second-order valence-corrected chi connectivity index (χ2v) is 4.19. The van der Waals surface area contributed by atoms with Gasteiger partial charge in [-0.1, -0.05) is 49.4 Å². The Hall–Kier alpha value is -1.83. The quantitative estimate of drug-likeness (QED) is 0.672. The summed E-state index contributed by atoms with van der Waals surface area (Å²) >= 11 is 0. The van der Waals surface area contributed by atoms with Gasteiger partial charge in [-0.2, -0.15) is 0 Å². The summed E-state index contributed by atoms with van der Waals surface area (Å²) < 4.78 is 0. The molecule has 0 aliphatic rings. The summed E-state index contributed by atoms with van der Waals surface area (Å²) in [5, 5.41) is 0. The van der Waals surface area contributed by atoms with Gasteiger partial charge in [-0.25, -0.2) is 0 Å².